The van der Waals surface area contributed by atoms with Crippen LogP contribution in [-0.2, 0) is 0 Å². The Morgan fingerprint density at radius 2 is 2.54 bits per heavy atom. The van der Waals surface area contributed by atoms with Gasteiger partial charge in [-0.2, -0.15) is 0 Å². The number of carbonyl (C=O) groups is 1. The molecule has 0 aliphatic heterocycles. The van der Waals surface area contributed by atoms with Crippen LogP contribution in [0.1, 0.15) is 17.3 Å². The summed E-state index contributed by atoms with van der Waals surface area (Å²) < 4.78 is 1.08. The summed E-state index contributed by atoms with van der Waals surface area (Å²) in [6.45, 7) is 1.93. The van der Waals surface area contributed by atoms with Crippen molar-refractivity contribution in [1.29, 1.82) is 0 Å². The zero-order chi connectivity index (χ0) is 9.84. The SMILES string of the molecule is CC(O)CNC(=O)c1csc(I)c1. The minimum absolute atomic E-state index is 0.125. The van der Waals surface area contributed by atoms with Gasteiger partial charge in [-0.3, -0.25) is 4.79 Å². The molecular formula is C8H10INO2S. The molecule has 1 unspecified atom stereocenters. The highest BCUT2D eigenvalue weighted by Gasteiger charge is 2.07. The Bertz CT molecular complexity index is 298. The molecule has 2 N–H and O–H groups in total. The van der Waals surface area contributed by atoms with E-state index in [0.29, 0.717) is 12.1 Å². The van der Waals surface area contributed by atoms with Crippen molar-refractivity contribution >= 4 is 39.8 Å². The fourth-order valence-electron chi connectivity index (χ4n) is 0.772. The van der Waals surface area contributed by atoms with Crippen LogP contribution in [0.15, 0.2) is 11.4 Å². The van der Waals surface area contributed by atoms with E-state index in [1.807, 2.05) is 6.07 Å². The fraction of sp³-hybridized carbons (Fsp3) is 0.375. The van der Waals surface area contributed by atoms with Crippen LogP contribution in [0, 0.1) is 2.88 Å². The van der Waals surface area contributed by atoms with Gasteiger partial charge in [-0.25, -0.2) is 0 Å². The van der Waals surface area contributed by atoms with Crippen LogP contribution in [0.25, 0.3) is 0 Å². The third kappa shape index (κ3) is 3.61. The van der Waals surface area contributed by atoms with Gasteiger partial charge in [-0.05, 0) is 35.6 Å². The van der Waals surface area contributed by atoms with Crippen molar-refractivity contribution in [2.24, 2.45) is 0 Å². The van der Waals surface area contributed by atoms with E-state index in [1.54, 1.807) is 12.3 Å². The minimum Gasteiger partial charge on any atom is -0.392 e. The zero-order valence-corrected chi connectivity index (χ0v) is 10.1. The lowest BCUT2D eigenvalue weighted by Gasteiger charge is -2.04. The Kier molecular flexibility index (Phi) is 4.14. The Hall–Kier alpha value is -0.140. The van der Waals surface area contributed by atoms with E-state index in [1.165, 1.54) is 11.3 Å². The van der Waals surface area contributed by atoms with Crippen LogP contribution >= 0.6 is 33.9 Å². The molecule has 0 fully saturated rings. The number of thiophene rings is 1. The molecule has 72 valence electrons. The highest BCUT2D eigenvalue weighted by molar-refractivity contribution is 14.1. The Balaban J connectivity index is 2.49. The molecule has 0 radical (unpaired) electrons. The van der Waals surface area contributed by atoms with Gasteiger partial charge >= 0.3 is 0 Å². The molecule has 1 aromatic rings. The number of aliphatic hydroxyl groups is 1. The van der Waals surface area contributed by atoms with Crippen LogP contribution < -0.4 is 5.32 Å². The Morgan fingerprint density at radius 1 is 1.85 bits per heavy atom. The molecule has 0 saturated carbocycles. The standard InChI is InChI=1S/C8H10INO2S/c1-5(11)3-10-8(12)6-2-7(9)13-4-6/h2,4-5,11H,3H2,1H3,(H,10,12). The maximum absolute atomic E-state index is 11.3. The van der Waals surface area contributed by atoms with E-state index in [4.69, 9.17) is 5.11 Å². The van der Waals surface area contributed by atoms with Gasteiger partial charge in [0.05, 0.1) is 14.6 Å². The highest BCUT2D eigenvalue weighted by atomic mass is 127. The molecule has 1 atom stereocenters. The van der Waals surface area contributed by atoms with Crippen LogP contribution in [0.2, 0.25) is 0 Å². The van der Waals surface area contributed by atoms with Gasteiger partial charge in [0.1, 0.15) is 0 Å². The van der Waals surface area contributed by atoms with Crippen molar-refractivity contribution in [3.05, 3.63) is 19.9 Å². The average molecular weight is 311 g/mol. The first-order valence-electron chi connectivity index (χ1n) is 3.80. The van der Waals surface area contributed by atoms with E-state index in [0.717, 1.165) is 2.88 Å². The highest BCUT2D eigenvalue weighted by Crippen LogP contribution is 2.16. The van der Waals surface area contributed by atoms with Crippen LogP contribution in [0.5, 0.6) is 0 Å². The molecule has 0 spiro atoms. The van der Waals surface area contributed by atoms with E-state index in [9.17, 15) is 4.79 Å². The van der Waals surface area contributed by atoms with E-state index < -0.39 is 6.10 Å². The van der Waals surface area contributed by atoms with Gasteiger partial charge in [0.15, 0.2) is 0 Å². The number of carbonyl (C=O) groups excluding carboxylic acids is 1. The molecule has 1 rings (SSSR count). The number of nitrogens with one attached hydrogen (secondary N) is 1. The lowest BCUT2D eigenvalue weighted by Crippen LogP contribution is -2.30. The van der Waals surface area contributed by atoms with Crippen molar-refractivity contribution in [2.45, 2.75) is 13.0 Å². The fourth-order valence-corrected chi connectivity index (χ4v) is 2.10. The topological polar surface area (TPSA) is 49.3 Å². The van der Waals surface area contributed by atoms with Crippen molar-refractivity contribution in [1.82, 2.24) is 5.32 Å². The molecule has 0 aromatic carbocycles. The number of hydrogen-bond acceptors (Lipinski definition) is 3. The largest absolute Gasteiger partial charge is 0.392 e. The number of halogens is 1. The number of amides is 1. The Morgan fingerprint density at radius 3 is 3.00 bits per heavy atom. The van der Waals surface area contributed by atoms with Crippen molar-refractivity contribution in [3.63, 3.8) is 0 Å². The first-order valence-corrected chi connectivity index (χ1v) is 5.75. The first kappa shape index (κ1) is 10.9. The van der Waals surface area contributed by atoms with Crippen LogP contribution in [-0.4, -0.2) is 23.7 Å². The van der Waals surface area contributed by atoms with Crippen LogP contribution in [0.4, 0.5) is 0 Å². The second kappa shape index (κ2) is 4.92. The zero-order valence-electron chi connectivity index (χ0n) is 7.08. The van der Waals surface area contributed by atoms with Gasteiger partial charge in [-0.15, -0.1) is 11.3 Å². The summed E-state index contributed by atoms with van der Waals surface area (Å²) in [6.07, 6.45) is -0.498. The first-order chi connectivity index (χ1) is 6.09. The minimum atomic E-state index is -0.498. The molecule has 5 heteroatoms. The van der Waals surface area contributed by atoms with Crippen molar-refractivity contribution in [3.8, 4) is 0 Å². The molecule has 0 saturated heterocycles. The summed E-state index contributed by atoms with van der Waals surface area (Å²) in [4.78, 5) is 11.3. The van der Waals surface area contributed by atoms with Gasteiger partial charge in [-0.1, -0.05) is 0 Å². The third-order valence-electron chi connectivity index (χ3n) is 1.39. The van der Waals surface area contributed by atoms with Gasteiger partial charge in [0, 0.05) is 11.9 Å². The summed E-state index contributed by atoms with van der Waals surface area (Å²) in [7, 11) is 0. The number of rotatable bonds is 3. The van der Waals surface area contributed by atoms with Crippen molar-refractivity contribution in [2.75, 3.05) is 6.54 Å². The molecule has 0 aliphatic rings. The number of aliphatic hydroxyl groups excluding tert-OH is 1. The van der Waals surface area contributed by atoms with E-state index in [-0.39, 0.29) is 5.91 Å². The second-order valence-corrected chi connectivity index (χ2v) is 5.50. The van der Waals surface area contributed by atoms with Crippen LogP contribution in [0.3, 0.4) is 0 Å². The molecule has 1 aromatic heterocycles. The summed E-state index contributed by atoms with van der Waals surface area (Å²) in [5, 5.41) is 13.4. The molecule has 3 nitrogen and oxygen atoms in total. The summed E-state index contributed by atoms with van der Waals surface area (Å²) in [5.41, 5.74) is 0.662. The normalized spacial score (nSPS) is 12.5. The average Bonchev–Trinajstić information content (AvgIpc) is 2.47. The van der Waals surface area contributed by atoms with Gasteiger partial charge in [0.25, 0.3) is 5.91 Å². The smallest absolute Gasteiger partial charge is 0.252 e. The van der Waals surface area contributed by atoms with Crippen molar-refractivity contribution < 1.29 is 9.90 Å². The Labute approximate surface area is 94.3 Å². The molecular weight excluding hydrogens is 301 g/mol. The predicted octanol–water partition coefficient (Wildman–Crippen LogP) is 1.46. The quantitative estimate of drug-likeness (QED) is 0.831. The third-order valence-corrected chi connectivity index (χ3v) is 3.18. The molecule has 1 amide bonds. The van der Waals surface area contributed by atoms with Gasteiger partial charge < -0.3 is 10.4 Å². The molecule has 13 heavy (non-hydrogen) atoms. The summed E-state index contributed by atoms with van der Waals surface area (Å²) >= 11 is 3.70. The maximum Gasteiger partial charge on any atom is 0.252 e. The maximum atomic E-state index is 11.3. The molecule has 1 heterocycles. The molecule has 0 bridgehead atoms. The van der Waals surface area contributed by atoms with Gasteiger partial charge in [0.2, 0.25) is 0 Å². The van der Waals surface area contributed by atoms with E-state index >= 15 is 0 Å². The second-order valence-electron chi connectivity index (χ2n) is 2.70. The lowest BCUT2D eigenvalue weighted by molar-refractivity contribution is 0.0924. The predicted molar refractivity (Wildman–Crippen MR) is 61.1 cm³/mol. The summed E-state index contributed by atoms with van der Waals surface area (Å²) in [6, 6.07) is 1.82. The monoisotopic (exact) mass is 311 g/mol. The molecule has 0 aliphatic carbocycles. The summed E-state index contributed by atoms with van der Waals surface area (Å²) in [5.74, 6) is -0.125. The number of hydrogen-bond donors (Lipinski definition) is 2. The van der Waals surface area contributed by atoms with E-state index in [2.05, 4.69) is 27.9 Å². The lowest BCUT2D eigenvalue weighted by atomic mass is 10.3.